The maximum atomic E-state index is 11.0. The lowest BCUT2D eigenvalue weighted by Gasteiger charge is -2.21. The number of aromatic nitrogens is 1. The zero-order chi connectivity index (χ0) is 14.1. The van der Waals surface area contributed by atoms with Gasteiger partial charge in [0, 0.05) is 22.5 Å². The molecule has 1 aromatic carbocycles. The van der Waals surface area contributed by atoms with Crippen molar-refractivity contribution in [3.8, 4) is 0 Å². The molecule has 4 nitrogen and oxygen atoms in total. The van der Waals surface area contributed by atoms with Crippen molar-refractivity contribution in [1.82, 2.24) is 4.98 Å². The molecule has 0 fully saturated rings. The molecule has 5 heteroatoms. The molecule has 1 aliphatic heterocycles. The molecule has 1 aliphatic rings. The van der Waals surface area contributed by atoms with E-state index in [1.165, 1.54) is 16.5 Å². The number of hydrogen-bond acceptors (Lipinski definition) is 2. The summed E-state index contributed by atoms with van der Waals surface area (Å²) in [5, 5.41) is 10.2. The summed E-state index contributed by atoms with van der Waals surface area (Å²) in [5.74, 6) is -0.278. The van der Waals surface area contributed by atoms with Gasteiger partial charge in [0.15, 0.2) is 0 Å². The number of nitrogens with one attached hydrogen (secondary N) is 1. The summed E-state index contributed by atoms with van der Waals surface area (Å²) in [6.07, 6.45) is 1.22. The van der Waals surface area contributed by atoms with Crippen molar-refractivity contribution < 1.29 is 14.6 Å². The average molecular weight is 294 g/mol. The number of ether oxygens (including phenoxy) is 1. The first kappa shape index (κ1) is 13.5. The van der Waals surface area contributed by atoms with Crippen LogP contribution in [0.2, 0.25) is 0 Å². The fraction of sp³-hybridized carbons (Fsp3) is 0.400. The summed E-state index contributed by atoms with van der Waals surface area (Å²) < 4.78 is 5.61. The maximum Gasteiger partial charge on any atom is 0.306 e. The number of rotatable bonds is 4. The molecule has 0 spiro atoms. The predicted molar refractivity (Wildman–Crippen MR) is 77.4 cm³/mol. The number of halogens is 1. The summed E-state index contributed by atoms with van der Waals surface area (Å²) >= 11 is 5.84. The summed E-state index contributed by atoms with van der Waals surface area (Å²) in [6, 6.07) is 6.16. The number of benzene rings is 1. The second-order valence-corrected chi connectivity index (χ2v) is 5.38. The van der Waals surface area contributed by atoms with Crippen molar-refractivity contribution >= 4 is 28.5 Å². The molecular weight excluding hydrogens is 278 g/mol. The van der Waals surface area contributed by atoms with Crippen LogP contribution in [-0.4, -0.2) is 28.5 Å². The average Bonchev–Trinajstić information content (AvgIpc) is 2.80. The smallest absolute Gasteiger partial charge is 0.306 e. The third kappa shape index (κ3) is 2.30. The number of carbonyl (C=O) groups is 1. The van der Waals surface area contributed by atoms with E-state index < -0.39 is 5.97 Å². The van der Waals surface area contributed by atoms with Crippen LogP contribution in [0.15, 0.2) is 18.2 Å². The van der Waals surface area contributed by atoms with E-state index in [1.807, 2.05) is 6.07 Å². The Hall–Kier alpha value is -1.52. The van der Waals surface area contributed by atoms with Gasteiger partial charge in [-0.25, -0.2) is 0 Å². The number of carboxylic acids is 1. The minimum absolute atomic E-state index is 0.00926. The van der Waals surface area contributed by atoms with Crippen LogP contribution < -0.4 is 0 Å². The minimum Gasteiger partial charge on any atom is -0.481 e. The highest BCUT2D eigenvalue weighted by Gasteiger charge is 2.27. The molecule has 0 amide bonds. The Morgan fingerprint density at radius 1 is 1.50 bits per heavy atom. The fourth-order valence-electron chi connectivity index (χ4n) is 2.91. The van der Waals surface area contributed by atoms with Gasteiger partial charge in [0.2, 0.25) is 0 Å². The fourth-order valence-corrected chi connectivity index (χ4v) is 3.12. The first-order chi connectivity index (χ1) is 9.70. The number of aliphatic carboxylic acids is 1. The molecule has 20 heavy (non-hydrogen) atoms. The van der Waals surface area contributed by atoms with Gasteiger partial charge in [-0.1, -0.05) is 18.2 Å². The minimum atomic E-state index is -0.845. The number of H-pyrrole nitrogens is 1. The zero-order valence-electron chi connectivity index (χ0n) is 11.0. The quantitative estimate of drug-likeness (QED) is 0.852. The van der Waals surface area contributed by atoms with Crippen LogP contribution in [-0.2, 0) is 22.4 Å². The van der Waals surface area contributed by atoms with E-state index in [0.29, 0.717) is 12.5 Å². The molecule has 0 radical (unpaired) electrons. The molecule has 1 atom stereocenters. The van der Waals surface area contributed by atoms with Crippen LogP contribution in [0.4, 0.5) is 0 Å². The van der Waals surface area contributed by atoms with Crippen molar-refractivity contribution in [3.63, 3.8) is 0 Å². The number of aryl methyl sites for hydroxylation is 1. The Labute approximate surface area is 121 Å². The summed E-state index contributed by atoms with van der Waals surface area (Å²) in [7, 11) is 0. The lowest BCUT2D eigenvalue weighted by molar-refractivity contribution is -0.140. The normalized spacial score (nSPS) is 18.1. The lowest BCUT2D eigenvalue weighted by atomic mass is 9.99. The van der Waals surface area contributed by atoms with Crippen LogP contribution >= 0.6 is 11.6 Å². The zero-order valence-corrected chi connectivity index (χ0v) is 11.7. The van der Waals surface area contributed by atoms with Gasteiger partial charge in [-0.05, 0) is 24.0 Å². The molecule has 2 heterocycles. The second kappa shape index (κ2) is 5.46. The van der Waals surface area contributed by atoms with Crippen molar-refractivity contribution in [2.45, 2.75) is 25.4 Å². The molecule has 0 bridgehead atoms. The molecule has 0 aliphatic carbocycles. The number of para-hydroxylation sites is 1. The van der Waals surface area contributed by atoms with Crippen LogP contribution in [0.1, 0.15) is 29.3 Å². The van der Waals surface area contributed by atoms with E-state index in [4.69, 9.17) is 21.4 Å². The number of fused-ring (bicyclic) bond motifs is 3. The molecule has 106 valence electrons. The topological polar surface area (TPSA) is 62.3 Å². The summed E-state index contributed by atoms with van der Waals surface area (Å²) in [5.41, 5.74) is 4.34. The maximum absolute atomic E-state index is 11.0. The van der Waals surface area contributed by atoms with Crippen molar-refractivity contribution in [2.24, 2.45) is 0 Å². The Bertz CT molecular complexity index is 650. The number of alkyl halides is 1. The first-order valence-corrected chi connectivity index (χ1v) is 7.26. The molecule has 0 saturated carbocycles. The van der Waals surface area contributed by atoms with Crippen LogP contribution in [0, 0.1) is 0 Å². The molecule has 0 saturated heterocycles. The van der Waals surface area contributed by atoms with Gasteiger partial charge in [0.05, 0.1) is 13.0 Å². The van der Waals surface area contributed by atoms with Gasteiger partial charge in [-0.15, -0.1) is 11.6 Å². The number of aromatic amines is 1. The van der Waals surface area contributed by atoms with Crippen LogP contribution in [0.3, 0.4) is 0 Å². The third-order valence-electron chi connectivity index (χ3n) is 3.78. The van der Waals surface area contributed by atoms with E-state index in [2.05, 4.69) is 17.1 Å². The van der Waals surface area contributed by atoms with Crippen molar-refractivity contribution in [2.75, 3.05) is 12.5 Å². The number of hydrogen-bond donors (Lipinski definition) is 2. The number of carboxylic acid groups (broad SMARTS) is 1. The first-order valence-electron chi connectivity index (χ1n) is 6.72. The van der Waals surface area contributed by atoms with Crippen LogP contribution in [0.25, 0.3) is 10.9 Å². The van der Waals surface area contributed by atoms with Crippen molar-refractivity contribution in [3.05, 3.63) is 35.0 Å². The van der Waals surface area contributed by atoms with Gasteiger partial charge in [-0.3, -0.25) is 4.79 Å². The largest absolute Gasteiger partial charge is 0.481 e. The van der Waals surface area contributed by atoms with Gasteiger partial charge < -0.3 is 14.8 Å². The Kier molecular flexibility index (Phi) is 3.68. The van der Waals surface area contributed by atoms with E-state index >= 15 is 0 Å². The third-order valence-corrected chi connectivity index (χ3v) is 3.97. The molecule has 2 N–H and O–H groups in total. The van der Waals surface area contributed by atoms with E-state index in [-0.39, 0.29) is 12.5 Å². The van der Waals surface area contributed by atoms with E-state index in [0.717, 1.165) is 24.1 Å². The van der Waals surface area contributed by atoms with Crippen molar-refractivity contribution in [1.29, 1.82) is 0 Å². The molecule has 2 aromatic rings. The predicted octanol–water partition coefficient (Wildman–Crippen LogP) is 3.04. The molecule has 1 unspecified atom stereocenters. The Morgan fingerprint density at radius 2 is 2.35 bits per heavy atom. The highest BCUT2D eigenvalue weighted by Crippen LogP contribution is 2.35. The Balaban J connectivity index is 2.10. The van der Waals surface area contributed by atoms with Crippen LogP contribution in [0.5, 0.6) is 0 Å². The lowest BCUT2D eigenvalue weighted by Crippen LogP contribution is -2.18. The summed E-state index contributed by atoms with van der Waals surface area (Å²) in [4.78, 5) is 14.3. The standard InChI is InChI=1S/C15H16ClNO3/c16-6-4-9-2-1-3-10-11-5-7-20-12(8-13(18)19)15(11)17-14(9)10/h1-3,12,17H,4-8H2,(H,18,19). The van der Waals surface area contributed by atoms with Gasteiger partial charge in [-0.2, -0.15) is 0 Å². The highest BCUT2D eigenvalue weighted by molar-refractivity contribution is 6.18. The van der Waals surface area contributed by atoms with E-state index in [9.17, 15) is 4.79 Å². The monoisotopic (exact) mass is 293 g/mol. The highest BCUT2D eigenvalue weighted by atomic mass is 35.5. The van der Waals surface area contributed by atoms with Gasteiger partial charge in [0.25, 0.3) is 0 Å². The second-order valence-electron chi connectivity index (χ2n) is 5.00. The molecular formula is C15H16ClNO3. The molecule has 1 aromatic heterocycles. The summed E-state index contributed by atoms with van der Waals surface area (Å²) in [6.45, 7) is 0.567. The SMILES string of the molecule is O=C(O)CC1OCCc2c1[nH]c1c(CCCl)cccc21. The van der Waals surface area contributed by atoms with E-state index in [1.54, 1.807) is 0 Å². The Morgan fingerprint density at radius 3 is 3.10 bits per heavy atom. The molecule has 3 rings (SSSR count). The van der Waals surface area contributed by atoms with Gasteiger partial charge in [0.1, 0.15) is 6.10 Å². The van der Waals surface area contributed by atoms with Gasteiger partial charge >= 0.3 is 5.97 Å².